The molecule has 0 fully saturated rings. The molecule has 0 aromatic rings. The Morgan fingerprint density at radius 2 is 1.92 bits per heavy atom. The second kappa shape index (κ2) is 10.5. The normalized spacial score (nSPS) is 13.1. The number of carboxylic acids is 1. The molecule has 0 aromatic carbocycles. The molecule has 0 aliphatic rings. The van der Waals surface area contributed by atoms with E-state index in [1.165, 1.54) is 19.0 Å². The summed E-state index contributed by atoms with van der Waals surface area (Å²) >= 11 is 0. The maximum Gasteiger partial charge on any atom is 0.511 e. The van der Waals surface area contributed by atoms with Crippen LogP contribution in [-0.4, -0.2) is 52.7 Å². The second-order valence-corrected chi connectivity index (χ2v) is 6.18. The monoisotopic (exact) mass is 349 g/mol. The Morgan fingerprint density at radius 3 is 2.46 bits per heavy atom. The van der Waals surface area contributed by atoms with Gasteiger partial charge in [0.25, 0.3) is 6.29 Å². The lowest BCUT2D eigenvalue weighted by atomic mass is 10.2. The molecule has 1 atom stereocenters. The fraction of sp³-hybridized carbons (Fsp3) is 0.857. The molecule has 10 nitrogen and oxygen atoms in total. The number of carbonyl (C=O) groups is 2. The number of nitrogens with zero attached hydrogens (tertiary/aromatic N) is 3. The van der Waals surface area contributed by atoms with Crippen LogP contribution in [0.3, 0.4) is 0 Å². The molecule has 0 radical (unpaired) electrons. The van der Waals surface area contributed by atoms with E-state index in [0.29, 0.717) is 25.8 Å². The van der Waals surface area contributed by atoms with Gasteiger partial charge in [0.1, 0.15) is 5.60 Å². The van der Waals surface area contributed by atoms with Gasteiger partial charge in [0.05, 0.1) is 18.6 Å². The summed E-state index contributed by atoms with van der Waals surface area (Å²) in [4.78, 5) is 26.7. The lowest BCUT2D eigenvalue weighted by molar-refractivity contribution is -0.707. The molecule has 10 heteroatoms. The van der Waals surface area contributed by atoms with Gasteiger partial charge >= 0.3 is 12.1 Å². The molecule has 0 spiro atoms. The molecule has 24 heavy (non-hydrogen) atoms. The van der Waals surface area contributed by atoms with Crippen molar-refractivity contribution in [3.05, 3.63) is 5.21 Å². The van der Waals surface area contributed by atoms with Crippen molar-refractivity contribution in [3.63, 3.8) is 0 Å². The zero-order chi connectivity index (χ0) is 18.8. The van der Waals surface area contributed by atoms with Crippen molar-refractivity contribution < 1.29 is 34.0 Å². The molecule has 1 N–H and O–H groups in total. The zero-order valence-electron chi connectivity index (χ0n) is 14.9. The molecular formula is C14H27N3O7. The maximum atomic E-state index is 11.6. The molecular weight excluding hydrogens is 322 g/mol. The van der Waals surface area contributed by atoms with Crippen molar-refractivity contribution in [2.45, 2.75) is 65.3 Å². The van der Waals surface area contributed by atoms with Crippen molar-refractivity contribution in [3.8, 4) is 0 Å². The maximum absolute atomic E-state index is 11.6. The lowest BCUT2D eigenvalue weighted by Gasteiger charge is -2.20. The van der Waals surface area contributed by atoms with Crippen molar-refractivity contribution >= 4 is 12.1 Å². The van der Waals surface area contributed by atoms with Gasteiger partial charge in [-0.1, -0.05) is 6.42 Å². The van der Waals surface area contributed by atoms with Crippen molar-refractivity contribution in [1.82, 2.24) is 5.01 Å². The average Bonchev–Trinajstić information content (AvgIpc) is 2.41. The topological polar surface area (TPSA) is 124 Å². The number of carbonyl (C=O) groups excluding carboxylic acids is 1. The number of rotatable bonds is 10. The largest absolute Gasteiger partial charge is 0.569 e. The van der Waals surface area contributed by atoms with Crippen LogP contribution >= 0.6 is 0 Å². The molecule has 1 unspecified atom stereocenters. The van der Waals surface area contributed by atoms with E-state index in [9.17, 15) is 14.8 Å². The Bertz CT molecular complexity index is 435. The van der Waals surface area contributed by atoms with Crippen molar-refractivity contribution in [2.75, 3.05) is 13.6 Å². The minimum Gasteiger partial charge on any atom is -0.569 e. The summed E-state index contributed by atoms with van der Waals surface area (Å²) < 4.78 is 9.70. The summed E-state index contributed by atoms with van der Waals surface area (Å²) in [7, 11) is 1.51. The van der Waals surface area contributed by atoms with E-state index in [1.54, 1.807) is 20.8 Å². The molecule has 0 aliphatic heterocycles. The first kappa shape index (κ1) is 21.7. The molecule has 140 valence electrons. The first-order valence-corrected chi connectivity index (χ1v) is 7.68. The van der Waals surface area contributed by atoms with E-state index in [1.807, 2.05) is 0 Å². The van der Waals surface area contributed by atoms with Gasteiger partial charge < -0.3 is 19.8 Å². The highest BCUT2D eigenvalue weighted by Gasteiger charge is 2.20. The number of hydrazine groups is 1. The smallest absolute Gasteiger partial charge is 0.511 e. The highest BCUT2D eigenvalue weighted by atomic mass is 16.8. The SMILES string of the molecule is CC(O/N=[N+](\[O-])N(C)CCCCCC(=O)O)OC(=O)OC(C)(C)C. The van der Waals surface area contributed by atoms with Crippen LogP contribution in [0.15, 0.2) is 5.28 Å². The summed E-state index contributed by atoms with van der Waals surface area (Å²) in [6.07, 6.45) is -0.0191. The Balaban J connectivity index is 4.05. The quantitative estimate of drug-likeness (QED) is 0.159. The summed E-state index contributed by atoms with van der Waals surface area (Å²) in [5.74, 6) is -0.837. The average molecular weight is 349 g/mol. The third-order valence-electron chi connectivity index (χ3n) is 2.58. The summed E-state index contributed by atoms with van der Waals surface area (Å²) in [5, 5.41) is 24.7. The van der Waals surface area contributed by atoms with Gasteiger partial charge in [0, 0.05) is 13.3 Å². The number of ether oxygens (including phenoxy) is 2. The molecule has 0 heterocycles. The highest BCUT2D eigenvalue weighted by Crippen LogP contribution is 2.09. The minimum absolute atomic E-state index is 0.109. The van der Waals surface area contributed by atoms with E-state index >= 15 is 0 Å². The summed E-state index contributed by atoms with van der Waals surface area (Å²) in [6, 6.07) is 0. The van der Waals surface area contributed by atoms with Crippen LogP contribution in [-0.2, 0) is 19.1 Å². The van der Waals surface area contributed by atoms with Gasteiger partial charge in [-0.15, -0.1) is 5.01 Å². The highest BCUT2D eigenvalue weighted by molar-refractivity contribution is 5.66. The Hall–Kier alpha value is -2.26. The standard InChI is InChI=1S/C14H27N3O7/c1-11(22-13(20)23-14(2,3)4)24-15-17(21)16(5)10-8-6-7-9-12(18)19/h11H,6-10H2,1-5H3,(H,18,19)/b17-15-. The third-order valence-corrected chi connectivity index (χ3v) is 2.58. The van der Waals surface area contributed by atoms with Crippen LogP contribution in [0.1, 0.15) is 53.4 Å². The van der Waals surface area contributed by atoms with E-state index in [4.69, 9.17) is 19.4 Å². The lowest BCUT2D eigenvalue weighted by Crippen LogP contribution is -2.29. The van der Waals surface area contributed by atoms with Crippen LogP contribution in [0, 0.1) is 5.21 Å². The molecule has 0 saturated carbocycles. The predicted octanol–water partition coefficient (Wildman–Crippen LogP) is 2.67. The van der Waals surface area contributed by atoms with Gasteiger partial charge in [0.15, 0.2) is 0 Å². The van der Waals surface area contributed by atoms with E-state index < -0.39 is 24.0 Å². The van der Waals surface area contributed by atoms with Crippen LogP contribution in [0.25, 0.3) is 0 Å². The van der Waals surface area contributed by atoms with E-state index in [-0.39, 0.29) is 11.4 Å². The van der Waals surface area contributed by atoms with E-state index in [0.717, 1.165) is 0 Å². The molecule has 0 aliphatic carbocycles. The third kappa shape index (κ3) is 12.3. The van der Waals surface area contributed by atoms with Crippen LogP contribution in [0.5, 0.6) is 0 Å². The molecule has 0 aromatic heterocycles. The Kier molecular flexibility index (Phi) is 9.51. The minimum atomic E-state index is -1.08. The van der Waals surface area contributed by atoms with Gasteiger partial charge in [0.2, 0.25) is 5.28 Å². The van der Waals surface area contributed by atoms with Gasteiger partial charge in [-0.3, -0.25) is 9.63 Å². The number of unbranched alkanes of at least 4 members (excludes halogenated alkanes) is 2. The first-order chi connectivity index (χ1) is 11.0. The van der Waals surface area contributed by atoms with Crippen LogP contribution < -0.4 is 0 Å². The summed E-state index contributed by atoms with van der Waals surface area (Å²) in [6.45, 7) is 6.85. The molecule has 0 rings (SSSR count). The predicted molar refractivity (Wildman–Crippen MR) is 82.7 cm³/mol. The van der Waals surface area contributed by atoms with Crippen molar-refractivity contribution in [1.29, 1.82) is 0 Å². The number of aliphatic carboxylic acids is 1. The van der Waals surface area contributed by atoms with Gasteiger partial charge in [-0.05, 0) is 33.6 Å². The number of hydrogen-bond donors (Lipinski definition) is 1. The van der Waals surface area contributed by atoms with Crippen LogP contribution in [0.2, 0.25) is 0 Å². The fourth-order valence-corrected chi connectivity index (χ4v) is 1.48. The fourth-order valence-electron chi connectivity index (χ4n) is 1.48. The molecule has 0 amide bonds. The van der Waals surface area contributed by atoms with Gasteiger partial charge in [-0.25, -0.2) is 4.79 Å². The zero-order valence-corrected chi connectivity index (χ0v) is 14.9. The van der Waals surface area contributed by atoms with Crippen LogP contribution in [0.4, 0.5) is 4.79 Å². The summed E-state index contributed by atoms with van der Waals surface area (Å²) in [5.41, 5.74) is -0.695. The molecule has 0 saturated heterocycles. The van der Waals surface area contributed by atoms with Gasteiger partial charge in [-0.2, -0.15) is 0 Å². The second-order valence-electron chi connectivity index (χ2n) is 6.18. The molecule has 0 bridgehead atoms. The Labute approximate surface area is 141 Å². The number of carboxylic acid groups (broad SMARTS) is 1. The Morgan fingerprint density at radius 1 is 1.29 bits per heavy atom. The van der Waals surface area contributed by atoms with E-state index in [2.05, 4.69) is 5.28 Å². The number of hydrogen-bond acceptors (Lipinski definition) is 7. The first-order valence-electron chi connectivity index (χ1n) is 7.68. The van der Waals surface area contributed by atoms with Crippen molar-refractivity contribution in [2.24, 2.45) is 5.28 Å².